The van der Waals surface area contributed by atoms with Gasteiger partial charge in [-0.3, -0.25) is 10.1 Å². The Morgan fingerprint density at radius 3 is 2.44 bits per heavy atom. The van der Waals surface area contributed by atoms with Crippen molar-refractivity contribution < 1.29 is 19.2 Å². The summed E-state index contributed by atoms with van der Waals surface area (Å²) < 4.78 is 5.16. The molecule has 0 atom stereocenters. The van der Waals surface area contributed by atoms with Crippen LogP contribution < -0.4 is 5.32 Å². The van der Waals surface area contributed by atoms with Crippen LogP contribution in [0.5, 0.6) is 0 Å². The number of allylic oxidation sites excluding steroid dienone is 1. The van der Waals surface area contributed by atoms with Crippen LogP contribution in [0.4, 0.5) is 6.01 Å². The zero-order valence-corrected chi connectivity index (χ0v) is 17.6. The van der Waals surface area contributed by atoms with Crippen molar-refractivity contribution in [2.75, 3.05) is 5.32 Å². The second-order valence-electron chi connectivity index (χ2n) is 8.06. The zero-order valence-electron chi connectivity index (χ0n) is 17.6. The van der Waals surface area contributed by atoms with Crippen LogP contribution in [0.25, 0.3) is 0 Å². The van der Waals surface area contributed by atoms with E-state index < -0.39 is 5.97 Å². The van der Waals surface area contributed by atoms with Crippen molar-refractivity contribution in [3.63, 3.8) is 0 Å². The number of anilines is 1. The quantitative estimate of drug-likeness (QED) is 0.519. The van der Waals surface area contributed by atoms with Crippen molar-refractivity contribution in [3.8, 4) is 0 Å². The van der Waals surface area contributed by atoms with Gasteiger partial charge in [-0.05, 0) is 60.8 Å². The minimum Gasteiger partial charge on any atom is -0.478 e. The molecule has 0 bridgehead atoms. The van der Waals surface area contributed by atoms with E-state index in [1.165, 1.54) is 11.6 Å². The van der Waals surface area contributed by atoms with E-state index in [0.29, 0.717) is 29.6 Å². The number of aromatic nitrogens is 2. The number of carboxylic acids is 1. The maximum Gasteiger partial charge on any atom is 0.328 e. The number of carboxylic acid groups (broad SMARTS) is 1. The van der Waals surface area contributed by atoms with Gasteiger partial charge in [-0.1, -0.05) is 53.7 Å². The van der Waals surface area contributed by atoms with Gasteiger partial charge >= 0.3 is 12.0 Å². The highest BCUT2D eigenvalue weighted by atomic mass is 16.5. The van der Waals surface area contributed by atoms with Crippen LogP contribution in [0.15, 0.2) is 71.3 Å². The molecule has 0 unspecified atom stereocenters. The Balaban J connectivity index is 1.31. The summed E-state index contributed by atoms with van der Waals surface area (Å²) in [4.78, 5) is 27.5. The third kappa shape index (κ3) is 5.69. The van der Waals surface area contributed by atoms with E-state index in [-0.39, 0.29) is 11.9 Å². The molecule has 32 heavy (non-hydrogen) atoms. The van der Waals surface area contributed by atoms with Crippen LogP contribution in [0.3, 0.4) is 0 Å². The second-order valence-corrected chi connectivity index (χ2v) is 8.06. The molecule has 1 fully saturated rings. The first-order chi connectivity index (χ1) is 15.6. The van der Waals surface area contributed by atoms with Gasteiger partial charge in [-0.15, -0.1) is 0 Å². The second kappa shape index (κ2) is 10.0. The first-order valence-electron chi connectivity index (χ1n) is 10.8. The number of nitrogens with one attached hydrogen (secondary N) is 1. The summed E-state index contributed by atoms with van der Waals surface area (Å²) in [6.07, 6.45) is 7.53. The topological polar surface area (TPSA) is 105 Å². The maximum absolute atomic E-state index is 12.5. The average Bonchev–Trinajstić information content (AvgIpc) is 3.25. The Labute approximate surface area is 186 Å². The first-order valence-corrected chi connectivity index (χ1v) is 10.8. The molecule has 4 rings (SSSR count). The molecule has 2 aromatic carbocycles. The molecule has 0 saturated heterocycles. The monoisotopic (exact) mass is 431 g/mol. The van der Waals surface area contributed by atoms with E-state index in [1.54, 1.807) is 6.08 Å². The van der Waals surface area contributed by atoms with E-state index >= 15 is 0 Å². The highest BCUT2D eigenvalue weighted by Gasteiger charge is 2.21. The van der Waals surface area contributed by atoms with Crippen molar-refractivity contribution in [2.24, 2.45) is 5.92 Å². The summed E-state index contributed by atoms with van der Waals surface area (Å²) >= 11 is 0. The molecule has 1 aromatic heterocycles. The fraction of sp³-hybridized carbons (Fsp3) is 0.280. The molecule has 2 N–H and O–H groups in total. The van der Waals surface area contributed by atoms with Gasteiger partial charge < -0.3 is 9.63 Å². The number of benzene rings is 2. The van der Waals surface area contributed by atoms with Gasteiger partial charge in [0, 0.05) is 18.1 Å². The Kier molecular flexibility index (Phi) is 6.75. The highest BCUT2D eigenvalue weighted by Crippen LogP contribution is 2.36. The predicted molar refractivity (Wildman–Crippen MR) is 119 cm³/mol. The van der Waals surface area contributed by atoms with Crippen molar-refractivity contribution >= 4 is 17.9 Å². The number of hydrogen-bond donors (Lipinski definition) is 2. The van der Waals surface area contributed by atoms with Crippen LogP contribution in [0.2, 0.25) is 0 Å². The molecule has 7 heteroatoms. The molecule has 1 heterocycles. The van der Waals surface area contributed by atoms with Crippen LogP contribution in [-0.2, 0) is 11.2 Å². The normalized spacial score (nSPS) is 18.5. The molecule has 1 amide bonds. The molecular formula is C25H25N3O4. The van der Waals surface area contributed by atoms with E-state index in [9.17, 15) is 9.59 Å². The van der Waals surface area contributed by atoms with Gasteiger partial charge in [0.05, 0.1) is 0 Å². The number of hydrogen-bond acceptors (Lipinski definition) is 5. The van der Waals surface area contributed by atoms with Gasteiger partial charge in [0.2, 0.25) is 0 Å². The van der Waals surface area contributed by atoms with Crippen molar-refractivity contribution in [1.82, 2.24) is 10.1 Å². The summed E-state index contributed by atoms with van der Waals surface area (Å²) in [6, 6.07) is 17.5. The molecule has 0 radical (unpaired) electrons. The Hall–Kier alpha value is -3.74. The number of carbonyl (C=O) groups is 2. The minimum absolute atomic E-state index is 0.0812. The molecule has 1 aliphatic carbocycles. The van der Waals surface area contributed by atoms with E-state index in [4.69, 9.17) is 9.63 Å². The summed E-state index contributed by atoms with van der Waals surface area (Å²) in [7, 11) is 0. The summed E-state index contributed by atoms with van der Waals surface area (Å²) in [5, 5.41) is 15.3. The molecule has 3 aromatic rings. The average molecular weight is 431 g/mol. The number of nitrogens with zero attached hydrogens (tertiary/aromatic N) is 2. The predicted octanol–water partition coefficient (Wildman–Crippen LogP) is 4.83. The Morgan fingerprint density at radius 1 is 1.03 bits per heavy atom. The SMILES string of the molecule is O=C(O)C=CC1CCC(c2ccc(C(=O)Nc3nc(Cc4ccccc4)no3)cc2)CC1. The highest BCUT2D eigenvalue weighted by molar-refractivity contribution is 6.03. The largest absolute Gasteiger partial charge is 0.478 e. The van der Waals surface area contributed by atoms with Crippen LogP contribution in [0.1, 0.15) is 58.9 Å². The molecule has 1 saturated carbocycles. The fourth-order valence-corrected chi connectivity index (χ4v) is 4.09. The van der Waals surface area contributed by atoms with Gasteiger partial charge in [0.25, 0.3) is 5.91 Å². The molecular weight excluding hydrogens is 406 g/mol. The molecule has 0 spiro atoms. The van der Waals surface area contributed by atoms with Crippen molar-refractivity contribution in [2.45, 2.75) is 38.0 Å². The molecule has 1 aliphatic rings. The maximum atomic E-state index is 12.5. The van der Waals surface area contributed by atoms with E-state index in [2.05, 4.69) is 15.5 Å². The van der Waals surface area contributed by atoms with Crippen LogP contribution in [-0.4, -0.2) is 27.1 Å². The van der Waals surface area contributed by atoms with Gasteiger partial charge in [0.1, 0.15) is 0 Å². The summed E-state index contributed by atoms with van der Waals surface area (Å²) in [5.74, 6) is 0.0743. The van der Waals surface area contributed by atoms with Crippen LogP contribution >= 0.6 is 0 Å². The van der Waals surface area contributed by atoms with Gasteiger partial charge in [-0.25, -0.2) is 4.79 Å². The first kappa shape index (κ1) is 21.5. The number of rotatable bonds is 7. The van der Waals surface area contributed by atoms with E-state index in [1.807, 2.05) is 54.6 Å². The number of carbonyl (C=O) groups excluding carboxylic acids is 1. The third-order valence-corrected chi connectivity index (χ3v) is 5.82. The van der Waals surface area contributed by atoms with Crippen molar-refractivity contribution in [1.29, 1.82) is 0 Å². The molecule has 7 nitrogen and oxygen atoms in total. The fourth-order valence-electron chi connectivity index (χ4n) is 4.09. The lowest BCUT2D eigenvalue weighted by molar-refractivity contribution is -0.131. The number of aliphatic carboxylic acids is 1. The Bertz CT molecular complexity index is 1080. The number of amides is 1. The lowest BCUT2D eigenvalue weighted by atomic mass is 9.78. The third-order valence-electron chi connectivity index (χ3n) is 5.82. The minimum atomic E-state index is -0.895. The van der Waals surface area contributed by atoms with Gasteiger partial charge in [-0.2, -0.15) is 4.98 Å². The summed E-state index contributed by atoms with van der Waals surface area (Å²) in [6.45, 7) is 0. The van der Waals surface area contributed by atoms with Crippen LogP contribution in [0, 0.1) is 5.92 Å². The van der Waals surface area contributed by atoms with Crippen molar-refractivity contribution in [3.05, 3.63) is 89.3 Å². The Morgan fingerprint density at radius 2 is 1.75 bits per heavy atom. The molecule has 164 valence electrons. The lowest BCUT2D eigenvalue weighted by Gasteiger charge is -2.27. The lowest BCUT2D eigenvalue weighted by Crippen LogP contribution is -2.14. The smallest absolute Gasteiger partial charge is 0.328 e. The molecule has 0 aliphatic heterocycles. The standard InChI is InChI=1S/C25H25N3O4/c29-23(30)15-8-17-6-9-19(10-7-17)20-11-13-21(14-12-20)24(31)27-25-26-22(28-32-25)16-18-4-2-1-3-5-18/h1-5,8,11-15,17,19H,6-7,9-10,16H2,(H,29,30)(H,26,27,28,31). The zero-order chi connectivity index (χ0) is 22.3. The summed E-state index contributed by atoms with van der Waals surface area (Å²) in [5.41, 5.74) is 2.79. The van der Waals surface area contributed by atoms with Gasteiger partial charge in [0.15, 0.2) is 5.82 Å². The van der Waals surface area contributed by atoms with E-state index in [0.717, 1.165) is 31.2 Å².